The molecule has 2 N–H and O–H groups in total. The van der Waals surface area contributed by atoms with Crippen molar-refractivity contribution in [2.24, 2.45) is 10.7 Å². The van der Waals surface area contributed by atoms with Crippen LogP contribution in [0.15, 0.2) is 117 Å². The summed E-state index contributed by atoms with van der Waals surface area (Å²) in [5.74, 6) is -1.64. The van der Waals surface area contributed by atoms with E-state index in [1.165, 1.54) is 31.4 Å². The Morgan fingerprint density at radius 2 is 1.24 bits per heavy atom. The molecule has 0 bridgehead atoms. The van der Waals surface area contributed by atoms with Gasteiger partial charge >= 0.3 is 0 Å². The number of sulfone groups is 2. The van der Waals surface area contributed by atoms with Gasteiger partial charge in [-0.3, -0.25) is 0 Å². The van der Waals surface area contributed by atoms with E-state index in [0.717, 1.165) is 0 Å². The molecule has 3 aromatic carbocycles. The first kappa shape index (κ1) is 22.8. The van der Waals surface area contributed by atoms with Crippen LogP contribution in [0.2, 0.25) is 0 Å². The van der Waals surface area contributed by atoms with E-state index in [4.69, 9.17) is 10.5 Å². The van der Waals surface area contributed by atoms with Crippen molar-refractivity contribution in [3.05, 3.63) is 107 Å². The van der Waals surface area contributed by atoms with Crippen LogP contribution in [0.3, 0.4) is 0 Å². The average Bonchev–Trinajstić information content (AvgIpc) is 2.84. The van der Waals surface area contributed by atoms with E-state index in [1.54, 1.807) is 66.7 Å². The van der Waals surface area contributed by atoms with Gasteiger partial charge in [0.15, 0.2) is 15.1 Å². The molecule has 2 atom stereocenters. The van der Waals surface area contributed by atoms with Crippen molar-refractivity contribution in [1.82, 2.24) is 0 Å². The van der Waals surface area contributed by atoms with Crippen LogP contribution in [-0.4, -0.2) is 35.1 Å². The molecule has 0 saturated carbocycles. The van der Waals surface area contributed by atoms with Crippen LogP contribution in [0, 0.1) is 0 Å². The maximum absolute atomic E-state index is 13.8. The first-order valence-corrected chi connectivity index (χ1v) is 13.1. The molecule has 0 fully saturated rings. The lowest BCUT2D eigenvalue weighted by atomic mass is 9.93. The van der Waals surface area contributed by atoms with Crippen molar-refractivity contribution in [2.75, 3.05) is 7.11 Å². The largest absolute Gasteiger partial charge is 0.483 e. The minimum absolute atomic E-state index is 0.00388. The van der Waals surface area contributed by atoms with Gasteiger partial charge in [0.25, 0.3) is 0 Å². The van der Waals surface area contributed by atoms with Gasteiger partial charge in [-0.15, -0.1) is 0 Å². The highest BCUT2D eigenvalue weighted by Crippen LogP contribution is 2.43. The molecule has 0 radical (unpaired) electrons. The number of aliphatic imine (C=N–C) groups is 1. The number of hydrogen-bond donors (Lipinski definition) is 1. The van der Waals surface area contributed by atoms with Crippen molar-refractivity contribution in [3.63, 3.8) is 0 Å². The first-order valence-electron chi connectivity index (χ1n) is 10.0. The summed E-state index contributed by atoms with van der Waals surface area (Å²) in [6.07, 6.45) is 0. The third kappa shape index (κ3) is 4.05. The van der Waals surface area contributed by atoms with Crippen molar-refractivity contribution in [2.45, 2.75) is 21.0 Å². The number of ether oxygens (including phenoxy) is 1. The highest BCUT2D eigenvalue weighted by atomic mass is 32.2. The molecule has 1 aliphatic heterocycles. The van der Waals surface area contributed by atoms with Crippen molar-refractivity contribution in [1.29, 1.82) is 0 Å². The van der Waals surface area contributed by atoms with Crippen LogP contribution in [-0.2, 0) is 24.4 Å². The lowest BCUT2D eigenvalue weighted by molar-refractivity contribution is 0.383. The quantitative estimate of drug-likeness (QED) is 0.597. The highest BCUT2D eigenvalue weighted by Gasteiger charge is 2.49. The molecule has 3 aromatic rings. The number of rotatable bonds is 5. The fourth-order valence-electron chi connectivity index (χ4n) is 3.93. The highest BCUT2D eigenvalue weighted by molar-refractivity contribution is 7.95. The monoisotopic (exact) mass is 482 g/mol. The van der Waals surface area contributed by atoms with Gasteiger partial charge in [0.05, 0.1) is 22.8 Å². The normalized spacial score (nSPS) is 19.1. The molecule has 9 heteroatoms. The molecular weight excluding hydrogens is 460 g/mol. The Bertz CT molecular complexity index is 1420. The minimum atomic E-state index is -4.19. The van der Waals surface area contributed by atoms with Gasteiger partial charge in [0, 0.05) is 0 Å². The number of nitrogens with two attached hydrogens (primary N) is 1. The van der Waals surface area contributed by atoms with Crippen molar-refractivity contribution >= 4 is 25.6 Å². The van der Waals surface area contributed by atoms with Gasteiger partial charge < -0.3 is 10.5 Å². The molecule has 0 aromatic heterocycles. The Hall–Kier alpha value is -3.43. The summed E-state index contributed by atoms with van der Waals surface area (Å²) in [7, 11) is -7.03. The van der Waals surface area contributed by atoms with Gasteiger partial charge in [0.1, 0.15) is 10.7 Å². The SMILES string of the molecule is COC1=NC(N)=C(S(=O)(=O)c2ccccc2)[C@@H](c2ccccc2)[C@@H]1S(=O)(=O)c1ccccc1. The lowest BCUT2D eigenvalue weighted by Gasteiger charge is -2.33. The topological polar surface area (TPSA) is 116 Å². The second-order valence-electron chi connectivity index (χ2n) is 7.39. The Kier molecular flexibility index (Phi) is 6.09. The zero-order valence-electron chi connectivity index (χ0n) is 17.7. The number of hydrogen-bond acceptors (Lipinski definition) is 7. The van der Waals surface area contributed by atoms with Crippen LogP contribution in [0.1, 0.15) is 11.5 Å². The number of nitrogens with zero attached hydrogens (tertiary/aromatic N) is 1. The van der Waals surface area contributed by atoms with Gasteiger partial charge in [0.2, 0.25) is 15.7 Å². The molecule has 0 amide bonds. The zero-order valence-corrected chi connectivity index (χ0v) is 19.3. The predicted octanol–water partition coefficient (Wildman–Crippen LogP) is 3.27. The van der Waals surface area contributed by atoms with E-state index in [1.807, 2.05) is 0 Å². The Labute approximate surface area is 193 Å². The smallest absolute Gasteiger partial charge is 0.209 e. The molecule has 170 valence electrons. The van der Waals surface area contributed by atoms with Crippen LogP contribution in [0.5, 0.6) is 0 Å². The molecule has 0 aliphatic carbocycles. The molecule has 1 aliphatic rings. The fourth-order valence-corrected chi connectivity index (χ4v) is 7.60. The summed E-state index contributed by atoms with van der Waals surface area (Å²) in [4.78, 5) is 3.87. The van der Waals surface area contributed by atoms with E-state index in [2.05, 4.69) is 4.99 Å². The Morgan fingerprint density at radius 3 is 1.76 bits per heavy atom. The van der Waals surface area contributed by atoms with Crippen molar-refractivity contribution < 1.29 is 21.6 Å². The number of methoxy groups -OCH3 is 1. The maximum atomic E-state index is 13.8. The van der Waals surface area contributed by atoms with Crippen LogP contribution in [0.4, 0.5) is 0 Å². The zero-order chi connectivity index (χ0) is 23.6. The van der Waals surface area contributed by atoms with Crippen LogP contribution >= 0.6 is 0 Å². The second-order valence-corrected chi connectivity index (χ2v) is 11.4. The van der Waals surface area contributed by atoms with E-state index in [0.29, 0.717) is 5.56 Å². The molecule has 7 nitrogen and oxygen atoms in total. The fraction of sp³-hybridized carbons (Fsp3) is 0.125. The standard InChI is InChI=1S/C24H22N2O5S2/c1-31-24-22(33(29,30)19-15-9-4-10-16-19)20(17-11-5-2-6-12-17)21(23(25)26-24)32(27,28)18-13-7-3-8-14-18/h2-16,20,22H,25H2,1H3/t20-,22+/m1/s1. The summed E-state index contributed by atoms with van der Waals surface area (Å²) in [6.45, 7) is 0. The Morgan fingerprint density at radius 1 is 0.758 bits per heavy atom. The van der Waals surface area contributed by atoms with E-state index in [9.17, 15) is 16.8 Å². The predicted molar refractivity (Wildman–Crippen MR) is 126 cm³/mol. The molecule has 33 heavy (non-hydrogen) atoms. The molecule has 0 unspecified atom stereocenters. The summed E-state index contributed by atoms with van der Waals surface area (Å²) in [6, 6.07) is 24.1. The second kappa shape index (κ2) is 8.84. The first-order chi connectivity index (χ1) is 15.8. The molecule has 0 spiro atoms. The van der Waals surface area contributed by atoms with Gasteiger partial charge in [-0.05, 0) is 29.8 Å². The van der Waals surface area contributed by atoms with Crippen LogP contribution < -0.4 is 5.73 Å². The van der Waals surface area contributed by atoms with Gasteiger partial charge in [-0.1, -0.05) is 66.7 Å². The van der Waals surface area contributed by atoms with Gasteiger partial charge in [-0.25, -0.2) is 16.8 Å². The van der Waals surface area contributed by atoms with Crippen LogP contribution in [0.25, 0.3) is 0 Å². The maximum Gasteiger partial charge on any atom is 0.209 e. The Balaban J connectivity index is 2.03. The molecule has 1 heterocycles. The third-order valence-corrected chi connectivity index (χ3v) is 9.44. The molecular formula is C24H22N2O5S2. The summed E-state index contributed by atoms with van der Waals surface area (Å²) < 4.78 is 60.5. The van der Waals surface area contributed by atoms with E-state index < -0.39 is 30.8 Å². The average molecular weight is 483 g/mol. The van der Waals surface area contributed by atoms with Crippen molar-refractivity contribution in [3.8, 4) is 0 Å². The number of benzene rings is 3. The van der Waals surface area contributed by atoms with E-state index in [-0.39, 0.29) is 26.4 Å². The summed E-state index contributed by atoms with van der Waals surface area (Å²) >= 11 is 0. The molecule has 4 rings (SSSR count). The molecule has 0 saturated heterocycles. The third-order valence-electron chi connectivity index (χ3n) is 5.43. The summed E-state index contributed by atoms with van der Waals surface area (Å²) in [5.41, 5.74) is 6.64. The van der Waals surface area contributed by atoms with E-state index >= 15 is 0 Å². The minimum Gasteiger partial charge on any atom is -0.483 e. The number of allylic oxidation sites excluding steroid dienone is 1. The van der Waals surface area contributed by atoms with Gasteiger partial charge in [-0.2, -0.15) is 4.99 Å². The lowest BCUT2D eigenvalue weighted by Crippen LogP contribution is -2.43. The summed E-state index contributed by atoms with van der Waals surface area (Å²) in [5, 5.41) is -1.44.